The van der Waals surface area contributed by atoms with Crippen molar-refractivity contribution in [2.24, 2.45) is 0 Å². The minimum absolute atomic E-state index is 0.311. The number of nitriles is 1. The predicted octanol–water partition coefficient (Wildman–Crippen LogP) is 2.61. The first-order valence-corrected chi connectivity index (χ1v) is 7.95. The summed E-state index contributed by atoms with van der Waals surface area (Å²) in [7, 11) is 0. The lowest BCUT2D eigenvalue weighted by atomic mass is 10.0. The summed E-state index contributed by atoms with van der Waals surface area (Å²) in [6.45, 7) is 3.24. The van der Waals surface area contributed by atoms with Crippen molar-refractivity contribution in [3.63, 3.8) is 0 Å². The third kappa shape index (κ3) is 3.49. The molecule has 0 aliphatic carbocycles. The van der Waals surface area contributed by atoms with E-state index in [0.717, 1.165) is 38.9 Å². The Labute approximate surface area is 132 Å². The highest BCUT2D eigenvalue weighted by molar-refractivity contribution is 5.15. The molecule has 2 aromatic rings. The predicted molar refractivity (Wildman–Crippen MR) is 87.9 cm³/mol. The summed E-state index contributed by atoms with van der Waals surface area (Å²) in [5.74, 6) is 0. The number of benzene rings is 1. The van der Waals surface area contributed by atoms with Crippen LogP contribution in [0.4, 0.5) is 0 Å². The normalized spacial score (nSPS) is 16.3. The number of aromatic nitrogens is 1. The van der Waals surface area contributed by atoms with E-state index in [1.807, 2.05) is 29.2 Å². The molecule has 1 aromatic heterocycles. The van der Waals surface area contributed by atoms with E-state index >= 15 is 0 Å². The topological polar surface area (TPSA) is 35.2 Å². The van der Waals surface area contributed by atoms with Crippen LogP contribution < -0.4 is 5.01 Å². The van der Waals surface area contributed by atoms with Gasteiger partial charge in [0.1, 0.15) is 0 Å². The third-order valence-corrected chi connectivity index (χ3v) is 4.40. The summed E-state index contributed by atoms with van der Waals surface area (Å²) in [5.41, 5.74) is 1.40. The Balaban J connectivity index is 1.49. The van der Waals surface area contributed by atoms with Crippen LogP contribution in [0.15, 0.2) is 54.9 Å². The highest BCUT2D eigenvalue weighted by Gasteiger charge is 2.24. The zero-order chi connectivity index (χ0) is 15.2. The second-order valence-electron chi connectivity index (χ2n) is 5.82. The van der Waals surface area contributed by atoms with Crippen molar-refractivity contribution in [2.45, 2.75) is 25.3 Å². The summed E-state index contributed by atoms with van der Waals surface area (Å²) in [6, 6.07) is 14.9. The van der Waals surface area contributed by atoms with Gasteiger partial charge in [-0.15, -0.1) is 0 Å². The molecule has 0 saturated carbocycles. The van der Waals surface area contributed by atoms with Gasteiger partial charge >= 0.3 is 0 Å². The van der Waals surface area contributed by atoms with Gasteiger partial charge < -0.3 is 4.90 Å². The summed E-state index contributed by atoms with van der Waals surface area (Å²) in [5, 5.41) is 11.2. The molecule has 0 amide bonds. The van der Waals surface area contributed by atoms with Crippen molar-refractivity contribution in [1.82, 2.24) is 9.58 Å². The minimum Gasteiger partial charge on any atom is -0.303 e. The lowest BCUT2D eigenvalue weighted by Gasteiger charge is -2.36. The van der Waals surface area contributed by atoms with Gasteiger partial charge in [-0.1, -0.05) is 30.3 Å². The van der Waals surface area contributed by atoms with Crippen molar-refractivity contribution in [3.8, 4) is 6.19 Å². The first kappa shape index (κ1) is 14.7. The standard InChI is InChI=1S/C18H22N4/c19-16-22(21-11-4-5-12-21)18-9-14-20(15-10-18)13-8-17-6-2-1-3-7-17/h1-7,11-12,18H,8-10,13-15H2. The first-order valence-electron chi connectivity index (χ1n) is 7.95. The summed E-state index contributed by atoms with van der Waals surface area (Å²) in [4.78, 5) is 2.51. The van der Waals surface area contributed by atoms with E-state index in [9.17, 15) is 5.26 Å². The van der Waals surface area contributed by atoms with Gasteiger partial charge in [-0.25, -0.2) is 5.01 Å². The molecule has 0 radical (unpaired) electrons. The molecule has 3 rings (SSSR count). The van der Waals surface area contributed by atoms with Crippen molar-refractivity contribution in [2.75, 3.05) is 24.6 Å². The molecule has 1 fully saturated rings. The van der Waals surface area contributed by atoms with Crippen LogP contribution >= 0.6 is 0 Å². The summed E-state index contributed by atoms with van der Waals surface area (Å²) < 4.78 is 1.89. The number of piperidine rings is 1. The molecule has 4 heteroatoms. The summed E-state index contributed by atoms with van der Waals surface area (Å²) >= 11 is 0. The van der Waals surface area contributed by atoms with Crippen LogP contribution in [0.1, 0.15) is 18.4 Å². The second-order valence-corrected chi connectivity index (χ2v) is 5.82. The molecule has 0 atom stereocenters. The van der Waals surface area contributed by atoms with Gasteiger partial charge in [0.15, 0.2) is 0 Å². The van der Waals surface area contributed by atoms with Crippen molar-refractivity contribution >= 4 is 0 Å². The largest absolute Gasteiger partial charge is 0.303 e. The van der Waals surface area contributed by atoms with E-state index in [2.05, 4.69) is 41.4 Å². The molecule has 0 N–H and O–H groups in total. The average Bonchev–Trinajstić information content (AvgIpc) is 3.10. The van der Waals surface area contributed by atoms with Crippen molar-refractivity contribution in [3.05, 3.63) is 60.4 Å². The highest BCUT2D eigenvalue weighted by Crippen LogP contribution is 2.16. The Morgan fingerprint density at radius 1 is 1.05 bits per heavy atom. The van der Waals surface area contributed by atoms with Crippen LogP contribution in [-0.4, -0.2) is 35.3 Å². The minimum atomic E-state index is 0.311. The van der Waals surface area contributed by atoms with Gasteiger partial charge in [-0.2, -0.15) is 5.26 Å². The molecule has 1 aliphatic rings. The van der Waals surface area contributed by atoms with Crippen LogP contribution in [0.25, 0.3) is 0 Å². The molecule has 1 aromatic carbocycles. The summed E-state index contributed by atoms with van der Waals surface area (Å²) in [6.07, 6.45) is 9.38. The zero-order valence-corrected chi connectivity index (χ0v) is 12.8. The van der Waals surface area contributed by atoms with Crippen LogP contribution in [0.5, 0.6) is 0 Å². The maximum absolute atomic E-state index is 9.41. The highest BCUT2D eigenvalue weighted by atomic mass is 15.5. The number of hydrogen-bond donors (Lipinski definition) is 0. The fourth-order valence-electron chi connectivity index (χ4n) is 3.11. The smallest absolute Gasteiger partial charge is 0.200 e. The molecule has 22 heavy (non-hydrogen) atoms. The first-order chi connectivity index (χ1) is 10.9. The van der Waals surface area contributed by atoms with E-state index in [4.69, 9.17) is 0 Å². The molecule has 1 aliphatic heterocycles. The number of rotatable bonds is 5. The third-order valence-electron chi connectivity index (χ3n) is 4.40. The van der Waals surface area contributed by atoms with E-state index in [-0.39, 0.29) is 0 Å². The Morgan fingerprint density at radius 3 is 2.36 bits per heavy atom. The molecule has 0 spiro atoms. The van der Waals surface area contributed by atoms with Gasteiger partial charge in [0.2, 0.25) is 6.19 Å². The number of hydrogen-bond acceptors (Lipinski definition) is 3. The van der Waals surface area contributed by atoms with Crippen LogP contribution in [0.3, 0.4) is 0 Å². The molecular weight excluding hydrogens is 272 g/mol. The van der Waals surface area contributed by atoms with Crippen LogP contribution in [0, 0.1) is 11.5 Å². The monoisotopic (exact) mass is 294 g/mol. The fraction of sp³-hybridized carbons (Fsp3) is 0.389. The molecule has 2 heterocycles. The van der Waals surface area contributed by atoms with Gasteiger partial charge in [0.05, 0.1) is 6.04 Å². The van der Waals surface area contributed by atoms with Gasteiger partial charge in [-0.3, -0.25) is 4.68 Å². The lowest BCUT2D eigenvalue weighted by Crippen LogP contribution is -2.47. The lowest BCUT2D eigenvalue weighted by molar-refractivity contribution is 0.207. The number of nitrogens with zero attached hydrogens (tertiary/aromatic N) is 4. The Hall–Kier alpha value is -2.25. The van der Waals surface area contributed by atoms with Crippen LogP contribution in [-0.2, 0) is 6.42 Å². The van der Waals surface area contributed by atoms with Crippen LogP contribution in [0.2, 0.25) is 0 Å². The molecule has 114 valence electrons. The molecule has 1 saturated heterocycles. The molecule has 0 bridgehead atoms. The maximum atomic E-state index is 9.41. The quantitative estimate of drug-likeness (QED) is 0.628. The Morgan fingerprint density at radius 2 is 1.73 bits per heavy atom. The Bertz CT molecular complexity index is 592. The second kappa shape index (κ2) is 7.15. The van der Waals surface area contributed by atoms with Gasteiger partial charge in [-0.05, 0) is 37.0 Å². The fourth-order valence-corrected chi connectivity index (χ4v) is 3.11. The Kier molecular flexibility index (Phi) is 4.77. The molecule has 0 unspecified atom stereocenters. The molecule has 4 nitrogen and oxygen atoms in total. The van der Waals surface area contributed by atoms with Gasteiger partial charge in [0.25, 0.3) is 0 Å². The van der Waals surface area contributed by atoms with Gasteiger partial charge in [0, 0.05) is 32.0 Å². The zero-order valence-electron chi connectivity index (χ0n) is 12.8. The SMILES string of the molecule is N#CN(C1CCN(CCc2ccccc2)CC1)n1cccc1. The van der Waals surface area contributed by atoms with Crippen molar-refractivity contribution in [1.29, 1.82) is 5.26 Å². The van der Waals surface area contributed by atoms with Crippen molar-refractivity contribution < 1.29 is 0 Å². The van der Waals surface area contributed by atoms with E-state index in [1.54, 1.807) is 5.01 Å². The van der Waals surface area contributed by atoms with E-state index < -0.39 is 0 Å². The average molecular weight is 294 g/mol. The number of likely N-dealkylation sites (tertiary alicyclic amines) is 1. The van der Waals surface area contributed by atoms with E-state index in [1.165, 1.54) is 5.56 Å². The van der Waals surface area contributed by atoms with E-state index in [0.29, 0.717) is 6.04 Å². The maximum Gasteiger partial charge on any atom is 0.200 e. The molecular formula is C18H22N4.